The van der Waals surface area contributed by atoms with E-state index in [2.05, 4.69) is 17.2 Å². The fourth-order valence-corrected chi connectivity index (χ4v) is 2.90. The standard InChI is InChI=1S/C21H18F4N2O3/c1-12(26-19(28)13-2-4-15(22)17(24)8-13)6-7-21(10-30-11-21)20(29)27-14-3-5-16(23)18(25)9-14/h2-5,8-9H,1,6-7,10-11H2,(H,26,28)(H,27,29). The van der Waals surface area contributed by atoms with Crippen molar-refractivity contribution in [3.8, 4) is 0 Å². The summed E-state index contributed by atoms with van der Waals surface area (Å²) in [7, 11) is 0. The Morgan fingerprint density at radius 2 is 1.60 bits per heavy atom. The molecule has 1 aliphatic rings. The number of halogens is 4. The number of anilines is 1. The summed E-state index contributed by atoms with van der Waals surface area (Å²) in [4.78, 5) is 24.8. The minimum atomic E-state index is -1.15. The molecule has 0 aromatic heterocycles. The molecule has 2 aromatic rings. The fraction of sp³-hybridized carbons (Fsp3) is 0.238. The molecule has 3 rings (SSSR count). The van der Waals surface area contributed by atoms with Crippen molar-refractivity contribution in [3.63, 3.8) is 0 Å². The van der Waals surface area contributed by atoms with Gasteiger partial charge in [-0.3, -0.25) is 9.59 Å². The number of allylic oxidation sites excluding steroid dienone is 1. The van der Waals surface area contributed by atoms with Crippen molar-refractivity contribution in [2.24, 2.45) is 5.41 Å². The quantitative estimate of drug-likeness (QED) is 0.665. The highest BCUT2D eigenvalue weighted by molar-refractivity contribution is 5.96. The minimum absolute atomic E-state index is 0.0761. The normalized spacial score (nSPS) is 14.5. The van der Waals surface area contributed by atoms with E-state index >= 15 is 0 Å². The van der Waals surface area contributed by atoms with Crippen LogP contribution in [0.25, 0.3) is 0 Å². The van der Waals surface area contributed by atoms with Crippen LogP contribution in [0.15, 0.2) is 48.7 Å². The van der Waals surface area contributed by atoms with Crippen LogP contribution >= 0.6 is 0 Å². The maximum Gasteiger partial charge on any atom is 0.255 e. The van der Waals surface area contributed by atoms with Crippen molar-refractivity contribution in [1.29, 1.82) is 0 Å². The number of rotatable bonds is 7. The number of amides is 2. The number of carbonyl (C=O) groups excluding carboxylic acids is 2. The van der Waals surface area contributed by atoms with E-state index in [0.29, 0.717) is 0 Å². The van der Waals surface area contributed by atoms with Crippen LogP contribution in [-0.2, 0) is 9.53 Å². The van der Waals surface area contributed by atoms with Gasteiger partial charge >= 0.3 is 0 Å². The van der Waals surface area contributed by atoms with Gasteiger partial charge in [-0.2, -0.15) is 0 Å². The number of hydrogen-bond acceptors (Lipinski definition) is 3. The van der Waals surface area contributed by atoms with Crippen molar-refractivity contribution >= 4 is 17.5 Å². The van der Waals surface area contributed by atoms with E-state index in [4.69, 9.17) is 4.74 Å². The van der Waals surface area contributed by atoms with Crippen molar-refractivity contribution in [2.45, 2.75) is 12.8 Å². The number of nitrogens with one attached hydrogen (secondary N) is 2. The van der Waals surface area contributed by atoms with E-state index in [1.807, 2.05) is 0 Å². The average Bonchev–Trinajstić information content (AvgIpc) is 2.66. The predicted octanol–water partition coefficient (Wildman–Crippen LogP) is 3.92. The number of hydrogen-bond donors (Lipinski definition) is 2. The summed E-state index contributed by atoms with van der Waals surface area (Å²) in [5, 5.41) is 5.01. The number of ether oxygens (including phenoxy) is 1. The number of benzene rings is 2. The smallest absolute Gasteiger partial charge is 0.255 e. The van der Waals surface area contributed by atoms with Gasteiger partial charge in [0.05, 0.1) is 18.6 Å². The Bertz CT molecular complexity index is 1010. The third-order valence-corrected chi connectivity index (χ3v) is 4.79. The first-order valence-corrected chi connectivity index (χ1v) is 8.99. The minimum Gasteiger partial charge on any atom is -0.379 e. The molecule has 5 nitrogen and oxygen atoms in total. The van der Waals surface area contributed by atoms with Gasteiger partial charge in [0, 0.05) is 23.0 Å². The highest BCUT2D eigenvalue weighted by atomic mass is 19.2. The lowest BCUT2D eigenvalue weighted by Crippen LogP contribution is -2.51. The van der Waals surface area contributed by atoms with Gasteiger partial charge in [-0.25, -0.2) is 17.6 Å². The molecular weight excluding hydrogens is 404 g/mol. The van der Waals surface area contributed by atoms with Crippen LogP contribution in [0.4, 0.5) is 23.2 Å². The summed E-state index contributed by atoms with van der Waals surface area (Å²) in [6.45, 7) is 3.96. The second kappa shape index (κ2) is 8.66. The molecule has 158 valence electrons. The van der Waals surface area contributed by atoms with Gasteiger partial charge in [-0.1, -0.05) is 6.58 Å². The van der Waals surface area contributed by atoms with Gasteiger partial charge in [-0.15, -0.1) is 0 Å². The molecule has 1 heterocycles. The van der Waals surface area contributed by atoms with Crippen LogP contribution in [-0.4, -0.2) is 25.0 Å². The maximum atomic E-state index is 13.3. The van der Waals surface area contributed by atoms with Crippen molar-refractivity contribution in [1.82, 2.24) is 5.32 Å². The topological polar surface area (TPSA) is 67.4 Å². The molecule has 30 heavy (non-hydrogen) atoms. The maximum absolute atomic E-state index is 13.3. The first-order chi connectivity index (χ1) is 14.2. The molecule has 1 aliphatic heterocycles. The van der Waals surface area contributed by atoms with Crippen LogP contribution in [0.1, 0.15) is 23.2 Å². The highest BCUT2D eigenvalue weighted by Crippen LogP contribution is 2.35. The number of carbonyl (C=O) groups is 2. The lowest BCUT2D eigenvalue weighted by Gasteiger charge is -2.40. The Balaban J connectivity index is 1.57. The summed E-state index contributed by atoms with van der Waals surface area (Å²) in [5.74, 6) is -5.41. The zero-order chi connectivity index (χ0) is 21.9. The van der Waals surface area contributed by atoms with Crippen LogP contribution in [0.3, 0.4) is 0 Å². The SMILES string of the molecule is C=C(CCC1(C(=O)Nc2ccc(F)c(F)c2)COC1)NC(=O)c1ccc(F)c(F)c1. The van der Waals surface area contributed by atoms with Gasteiger partial charge in [0.1, 0.15) is 0 Å². The third kappa shape index (κ3) is 4.68. The Hall–Kier alpha value is -3.20. The molecule has 0 saturated carbocycles. The van der Waals surface area contributed by atoms with Crippen molar-refractivity contribution < 1.29 is 31.9 Å². The van der Waals surface area contributed by atoms with Crippen LogP contribution < -0.4 is 10.6 Å². The molecule has 2 N–H and O–H groups in total. The molecule has 1 fully saturated rings. The Labute approximate surface area is 169 Å². The second-order valence-electron chi connectivity index (χ2n) is 7.04. The largest absolute Gasteiger partial charge is 0.379 e. The Morgan fingerprint density at radius 3 is 2.17 bits per heavy atom. The monoisotopic (exact) mass is 422 g/mol. The zero-order valence-corrected chi connectivity index (χ0v) is 15.7. The third-order valence-electron chi connectivity index (χ3n) is 4.79. The van der Waals surface area contributed by atoms with E-state index < -0.39 is 40.5 Å². The first kappa shape index (κ1) is 21.5. The van der Waals surface area contributed by atoms with Crippen LogP contribution in [0.2, 0.25) is 0 Å². The lowest BCUT2D eigenvalue weighted by molar-refractivity contribution is -0.157. The molecule has 0 unspecified atom stereocenters. The molecule has 0 aliphatic carbocycles. The van der Waals surface area contributed by atoms with Gasteiger partial charge < -0.3 is 15.4 Å². The van der Waals surface area contributed by atoms with Crippen molar-refractivity contribution in [3.05, 3.63) is 77.5 Å². The Morgan fingerprint density at radius 1 is 0.967 bits per heavy atom. The molecule has 9 heteroatoms. The molecule has 0 radical (unpaired) electrons. The predicted molar refractivity (Wildman–Crippen MR) is 100 cm³/mol. The highest BCUT2D eigenvalue weighted by Gasteiger charge is 2.45. The van der Waals surface area contributed by atoms with E-state index in [9.17, 15) is 27.2 Å². The van der Waals surface area contributed by atoms with E-state index in [1.54, 1.807) is 0 Å². The van der Waals surface area contributed by atoms with Gasteiger partial charge in [0.2, 0.25) is 5.91 Å². The van der Waals surface area contributed by atoms with Crippen molar-refractivity contribution in [2.75, 3.05) is 18.5 Å². The van der Waals surface area contributed by atoms with Crippen LogP contribution in [0, 0.1) is 28.7 Å². The molecule has 2 amide bonds. The Kier molecular flexibility index (Phi) is 6.21. The molecule has 0 atom stereocenters. The molecular formula is C21H18F4N2O3. The van der Waals surface area contributed by atoms with Gasteiger partial charge in [0.25, 0.3) is 5.91 Å². The lowest BCUT2D eigenvalue weighted by atomic mass is 9.79. The van der Waals surface area contributed by atoms with E-state index in [-0.39, 0.29) is 43.0 Å². The molecule has 0 bridgehead atoms. The van der Waals surface area contributed by atoms with Crippen LogP contribution in [0.5, 0.6) is 0 Å². The van der Waals surface area contributed by atoms with E-state index in [0.717, 1.165) is 30.3 Å². The molecule has 1 saturated heterocycles. The summed E-state index contributed by atoms with van der Waals surface area (Å²) in [6, 6.07) is 5.78. The van der Waals surface area contributed by atoms with E-state index in [1.165, 1.54) is 6.07 Å². The second-order valence-corrected chi connectivity index (χ2v) is 7.04. The molecule has 0 spiro atoms. The first-order valence-electron chi connectivity index (χ1n) is 8.99. The molecule has 2 aromatic carbocycles. The summed E-state index contributed by atoms with van der Waals surface area (Å²) in [5.41, 5.74) is -0.611. The average molecular weight is 422 g/mol. The summed E-state index contributed by atoms with van der Waals surface area (Å²) < 4.78 is 57.8. The fourth-order valence-electron chi connectivity index (χ4n) is 2.90. The summed E-state index contributed by atoms with van der Waals surface area (Å²) >= 11 is 0. The summed E-state index contributed by atoms with van der Waals surface area (Å²) in [6.07, 6.45) is 0.476. The van der Waals surface area contributed by atoms with Gasteiger partial charge in [0.15, 0.2) is 23.3 Å². The zero-order valence-electron chi connectivity index (χ0n) is 15.7. The van der Waals surface area contributed by atoms with Gasteiger partial charge in [-0.05, 0) is 43.2 Å².